The van der Waals surface area contributed by atoms with Crippen molar-refractivity contribution in [3.63, 3.8) is 0 Å². The van der Waals surface area contributed by atoms with Crippen molar-refractivity contribution in [2.75, 3.05) is 26.8 Å². The molecule has 1 aliphatic heterocycles. The number of carbonyl (C=O) groups is 2. The Balaban J connectivity index is 1.68. The molecule has 8 heteroatoms. The second-order valence-electron chi connectivity index (χ2n) is 7.89. The van der Waals surface area contributed by atoms with Crippen LogP contribution >= 0.6 is 0 Å². The number of aliphatic hydroxyl groups excluding tert-OH is 1. The number of likely N-dealkylation sites (tertiary alicyclic amines) is 1. The Hall–Kier alpha value is -2.35. The van der Waals surface area contributed by atoms with Crippen molar-refractivity contribution in [2.24, 2.45) is 5.92 Å². The molecule has 29 heavy (non-hydrogen) atoms. The molecule has 0 spiro atoms. The number of carbonyl (C=O) groups excluding carboxylic acids is 2. The monoisotopic (exact) mass is 407 g/mol. The molecule has 1 aromatic carbocycles. The van der Waals surface area contributed by atoms with E-state index >= 15 is 0 Å². The number of hydrogen-bond donors (Lipinski definition) is 2. The number of halogens is 1. The van der Waals surface area contributed by atoms with Gasteiger partial charge in [-0.3, -0.25) is 0 Å². The van der Waals surface area contributed by atoms with E-state index in [1.807, 2.05) is 13.0 Å². The number of benzene rings is 1. The summed E-state index contributed by atoms with van der Waals surface area (Å²) in [4.78, 5) is 28.3. The van der Waals surface area contributed by atoms with Crippen LogP contribution in [0.4, 0.5) is 14.0 Å². The molecule has 0 radical (unpaired) electrons. The first-order valence-electron chi connectivity index (χ1n) is 10.2. The van der Waals surface area contributed by atoms with Gasteiger partial charge < -0.3 is 25.0 Å². The van der Waals surface area contributed by atoms with Crippen molar-refractivity contribution in [1.29, 1.82) is 0 Å². The van der Waals surface area contributed by atoms with Crippen molar-refractivity contribution in [1.82, 2.24) is 15.1 Å². The normalized spacial score (nSPS) is 21.6. The second-order valence-corrected chi connectivity index (χ2v) is 7.89. The zero-order valence-corrected chi connectivity index (χ0v) is 17.1. The van der Waals surface area contributed by atoms with Gasteiger partial charge in [-0.05, 0) is 37.3 Å². The molecule has 2 aliphatic rings. The van der Waals surface area contributed by atoms with Crippen molar-refractivity contribution in [3.8, 4) is 0 Å². The third-order valence-corrected chi connectivity index (χ3v) is 5.73. The zero-order valence-electron chi connectivity index (χ0n) is 17.1. The Bertz CT molecular complexity index is 741. The van der Waals surface area contributed by atoms with Crippen molar-refractivity contribution < 1.29 is 23.8 Å². The maximum atomic E-state index is 14.2. The van der Waals surface area contributed by atoms with Crippen LogP contribution in [-0.2, 0) is 17.7 Å². The van der Waals surface area contributed by atoms with Gasteiger partial charge in [0.1, 0.15) is 5.82 Å². The van der Waals surface area contributed by atoms with Gasteiger partial charge in [0.2, 0.25) is 0 Å². The van der Waals surface area contributed by atoms with E-state index in [2.05, 4.69) is 5.32 Å². The Morgan fingerprint density at radius 3 is 2.66 bits per heavy atom. The van der Waals surface area contributed by atoms with Gasteiger partial charge in [0.25, 0.3) is 0 Å². The standard InChI is InChI=1S/C21H30FN3O4/c1-3-14-4-5-16(19(22)9-14)10-23-20(27)25(17-6-7-17)18-8-15(13-26)11-24(12-18)21(28)29-2/h4-5,9,15,17-18,26H,3,6-8,10-13H2,1-2H3,(H,23,27). The van der Waals surface area contributed by atoms with Crippen LogP contribution < -0.4 is 5.32 Å². The van der Waals surface area contributed by atoms with Gasteiger partial charge >= 0.3 is 12.1 Å². The Kier molecular flexibility index (Phi) is 6.95. The number of hydrogen-bond acceptors (Lipinski definition) is 4. The second kappa shape index (κ2) is 9.43. The fourth-order valence-corrected chi connectivity index (χ4v) is 3.99. The van der Waals surface area contributed by atoms with Crippen LogP contribution in [0, 0.1) is 11.7 Å². The molecule has 1 saturated carbocycles. The molecule has 1 aromatic rings. The third-order valence-electron chi connectivity index (χ3n) is 5.73. The molecular formula is C21H30FN3O4. The fourth-order valence-electron chi connectivity index (χ4n) is 3.99. The molecule has 1 heterocycles. The van der Waals surface area contributed by atoms with Crippen LogP contribution in [0.15, 0.2) is 18.2 Å². The average Bonchev–Trinajstić information content (AvgIpc) is 3.57. The summed E-state index contributed by atoms with van der Waals surface area (Å²) < 4.78 is 19.1. The predicted molar refractivity (Wildman–Crippen MR) is 106 cm³/mol. The number of aryl methyl sites for hydroxylation is 1. The molecule has 160 valence electrons. The van der Waals surface area contributed by atoms with E-state index in [1.165, 1.54) is 13.2 Å². The van der Waals surface area contributed by atoms with E-state index in [0.717, 1.165) is 24.8 Å². The molecule has 1 aliphatic carbocycles. The maximum Gasteiger partial charge on any atom is 0.409 e. The smallest absolute Gasteiger partial charge is 0.409 e. The third kappa shape index (κ3) is 5.18. The number of piperidine rings is 1. The molecule has 1 saturated heterocycles. The van der Waals surface area contributed by atoms with Crippen molar-refractivity contribution in [2.45, 2.75) is 51.2 Å². The SMILES string of the molecule is CCc1ccc(CNC(=O)N(C2CC2)C2CC(CO)CN(C(=O)OC)C2)c(F)c1. The number of amides is 3. The molecule has 7 nitrogen and oxygen atoms in total. The first-order chi connectivity index (χ1) is 14.0. The minimum absolute atomic E-state index is 0.0564. The largest absolute Gasteiger partial charge is 0.453 e. The van der Waals surface area contributed by atoms with Gasteiger partial charge in [-0.2, -0.15) is 0 Å². The summed E-state index contributed by atoms with van der Waals surface area (Å²) in [6.45, 7) is 2.79. The van der Waals surface area contributed by atoms with Gasteiger partial charge in [-0.15, -0.1) is 0 Å². The van der Waals surface area contributed by atoms with Crippen LogP contribution in [0.5, 0.6) is 0 Å². The molecule has 2 atom stereocenters. The quantitative estimate of drug-likeness (QED) is 0.759. The summed E-state index contributed by atoms with van der Waals surface area (Å²) >= 11 is 0. The van der Waals surface area contributed by atoms with Gasteiger partial charge in [-0.1, -0.05) is 19.1 Å². The Labute approximate surface area is 170 Å². The molecule has 2 unspecified atom stereocenters. The minimum atomic E-state index is -0.456. The fraction of sp³-hybridized carbons (Fsp3) is 0.619. The number of rotatable bonds is 6. The van der Waals surface area contributed by atoms with Crippen molar-refractivity contribution in [3.05, 3.63) is 35.1 Å². The lowest BCUT2D eigenvalue weighted by Crippen LogP contribution is -2.57. The highest BCUT2D eigenvalue weighted by Gasteiger charge is 2.42. The van der Waals surface area contributed by atoms with Crippen molar-refractivity contribution >= 4 is 12.1 Å². The molecule has 3 amide bonds. The van der Waals surface area contributed by atoms with Crippen LogP contribution in [-0.4, -0.2) is 65.9 Å². The molecule has 0 aromatic heterocycles. The van der Waals surface area contributed by atoms with E-state index in [0.29, 0.717) is 25.1 Å². The highest BCUT2D eigenvalue weighted by Crippen LogP contribution is 2.33. The number of ether oxygens (including phenoxy) is 1. The Morgan fingerprint density at radius 1 is 1.31 bits per heavy atom. The Morgan fingerprint density at radius 2 is 2.07 bits per heavy atom. The number of nitrogens with zero attached hydrogens (tertiary/aromatic N) is 2. The van der Waals surface area contributed by atoms with Crippen LogP contribution in [0.3, 0.4) is 0 Å². The van der Waals surface area contributed by atoms with Crippen LogP contribution in [0.2, 0.25) is 0 Å². The van der Waals surface area contributed by atoms with Gasteiger partial charge in [0.05, 0.1) is 13.2 Å². The molecule has 0 bridgehead atoms. The van der Waals surface area contributed by atoms with Gasteiger partial charge in [0, 0.05) is 43.8 Å². The number of nitrogens with one attached hydrogen (secondary N) is 1. The van der Waals surface area contributed by atoms with Gasteiger partial charge in [-0.25, -0.2) is 14.0 Å². The highest BCUT2D eigenvalue weighted by atomic mass is 19.1. The topological polar surface area (TPSA) is 82.1 Å². The van der Waals surface area contributed by atoms with E-state index in [9.17, 15) is 19.1 Å². The lowest BCUT2D eigenvalue weighted by molar-refractivity contribution is 0.0464. The summed E-state index contributed by atoms with van der Waals surface area (Å²) in [6.07, 6.45) is 2.73. The maximum absolute atomic E-state index is 14.2. The van der Waals surface area contributed by atoms with E-state index in [1.54, 1.807) is 15.9 Å². The number of urea groups is 1. The predicted octanol–water partition coefficient (Wildman–Crippen LogP) is 2.51. The number of methoxy groups -OCH3 is 1. The van der Waals surface area contributed by atoms with E-state index in [4.69, 9.17) is 4.74 Å². The summed E-state index contributed by atoms with van der Waals surface area (Å²) in [6, 6.07) is 4.72. The highest BCUT2D eigenvalue weighted by molar-refractivity contribution is 5.75. The molecular weight excluding hydrogens is 377 g/mol. The van der Waals surface area contributed by atoms with Crippen LogP contribution in [0.25, 0.3) is 0 Å². The first kappa shape index (κ1) is 21.4. The van der Waals surface area contributed by atoms with E-state index < -0.39 is 6.09 Å². The molecule has 2 fully saturated rings. The lowest BCUT2D eigenvalue weighted by atomic mass is 9.94. The first-order valence-corrected chi connectivity index (χ1v) is 10.2. The minimum Gasteiger partial charge on any atom is -0.453 e. The summed E-state index contributed by atoms with van der Waals surface area (Å²) in [5, 5.41) is 12.5. The van der Waals surface area contributed by atoms with Crippen LogP contribution in [0.1, 0.15) is 37.3 Å². The molecule has 3 rings (SSSR count). The molecule has 2 N–H and O–H groups in total. The number of aliphatic hydroxyl groups is 1. The lowest BCUT2D eigenvalue weighted by Gasteiger charge is -2.41. The summed E-state index contributed by atoms with van der Waals surface area (Å²) in [5.41, 5.74) is 1.36. The summed E-state index contributed by atoms with van der Waals surface area (Å²) in [5.74, 6) is -0.432. The average molecular weight is 407 g/mol. The summed E-state index contributed by atoms with van der Waals surface area (Å²) in [7, 11) is 1.32. The zero-order chi connectivity index (χ0) is 21.0. The van der Waals surface area contributed by atoms with E-state index in [-0.39, 0.29) is 43.0 Å². The van der Waals surface area contributed by atoms with Gasteiger partial charge in [0.15, 0.2) is 0 Å².